The van der Waals surface area contributed by atoms with Crippen molar-refractivity contribution in [2.45, 2.75) is 18.9 Å². The van der Waals surface area contributed by atoms with E-state index in [2.05, 4.69) is 15.6 Å². The zero-order valence-corrected chi connectivity index (χ0v) is 20.3. The van der Waals surface area contributed by atoms with Gasteiger partial charge in [-0.1, -0.05) is 6.07 Å². The lowest BCUT2D eigenvalue weighted by Gasteiger charge is -2.21. The molecule has 0 aliphatic carbocycles. The number of hydrogen-bond donors (Lipinski definition) is 2. The van der Waals surface area contributed by atoms with Gasteiger partial charge in [0, 0.05) is 32.7 Å². The van der Waals surface area contributed by atoms with Crippen LogP contribution in [-0.4, -0.2) is 52.9 Å². The van der Waals surface area contributed by atoms with Gasteiger partial charge >= 0.3 is 0 Å². The molecule has 170 valence electrons. The molecule has 31 heavy (non-hydrogen) atoms. The van der Waals surface area contributed by atoms with Gasteiger partial charge in [-0.15, -0.1) is 24.0 Å². The Bertz CT molecular complexity index is 878. The first-order valence-electron chi connectivity index (χ1n) is 9.92. The maximum atomic E-state index is 14.0. The fourth-order valence-corrected chi connectivity index (χ4v) is 3.65. The Morgan fingerprint density at radius 2 is 1.90 bits per heavy atom. The lowest BCUT2D eigenvalue weighted by molar-refractivity contribution is 0.398. The van der Waals surface area contributed by atoms with Crippen LogP contribution < -0.4 is 25.0 Å². The third kappa shape index (κ3) is 6.34. The molecule has 2 aromatic rings. The number of guanidine groups is 1. The molecular formula is C22H29F2IN4O2. The molecule has 1 fully saturated rings. The van der Waals surface area contributed by atoms with Gasteiger partial charge in [0.1, 0.15) is 28.8 Å². The molecule has 1 unspecified atom stereocenters. The number of nitrogens with one attached hydrogen (secondary N) is 2. The number of nitrogens with zero attached hydrogens (tertiary/aromatic N) is 2. The van der Waals surface area contributed by atoms with Crippen molar-refractivity contribution >= 4 is 35.6 Å². The van der Waals surface area contributed by atoms with Gasteiger partial charge in [-0.25, -0.2) is 8.78 Å². The van der Waals surface area contributed by atoms with E-state index in [4.69, 9.17) is 9.47 Å². The number of ether oxygens (including phenoxy) is 2. The first kappa shape index (κ1) is 25.0. The van der Waals surface area contributed by atoms with E-state index in [-0.39, 0.29) is 35.7 Å². The van der Waals surface area contributed by atoms with Crippen molar-refractivity contribution in [2.75, 3.05) is 45.8 Å². The van der Waals surface area contributed by atoms with Crippen LogP contribution in [0, 0.1) is 11.6 Å². The Morgan fingerprint density at radius 3 is 2.55 bits per heavy atom. The summed E-state index contributed by atoms with van der Waals surface area (Å²) in [6.07, 6.45) is 1.48. The molecule has 0 radical (unpaired) electrons. The van der Waals surface area contributed by atoms with Gasteiger partial charge in [-0.3, -0.25) is 4.99 Å². The molecular weight excluding hydrogens is 517 g/mol. The second-order valence-electron chi connectivity index (χ2n) is 7.07. The molecule has 2 aromatic carbocycles. The first-order valence-corrected chi connectivity index (χ1v) is 9.92. The van der Waals surface area contributed by atoms with Gasteiger partial charge in [0.15, 0.2) is 5.96 Å². The van der Waals surface area contributed by atoms with Crippen molar-refractivity contribution in [3.8, 4) is 11.5 Å². The number of anilines is 1. The number of para-hydroxylation sites is 1. The molecule has 1 saturated heterocycles. The van der Waals surface area contributed by atoms with Gasteiger partial charge in [-0.2, -0.15) is 0 Å². The summed E-state index contributed by atoms with van der Waals surface area (Å²) in [6, 6.07) is 9.69. The monoisotopic (exact) mass is 546 g/mol. The molecule has 0 bridgehead atoms. The molecule has 0 saturated carbocycles. The second kappa shape index (κ2) is 11.9. The molecule has 0 spiro atoms. The van der Waals surface area contributed by atoms with E-state index >= 15 is 0 Å². The fraction of sp³-hybridized carbons (Fsp3) is 0.409. The normalized spacial score (nSPS) is 16.0. The SMILES string of the molecule is CN=C(NCCc1cc(OC)ccc1OC)NC1CCN(c2c(F)cccc2F)C1.I. The molecule has 9 heteroatoms. The molecule has 1 aliphatic rings. The summed E-state index contributed by atoms with van der Waals surface area (Å²) in [7, 11) is 4.97. The van der Waals surface area contributed by atoms with Crippen molar-refractivity contribution in [1.82, 2.24) is 10.6 Å². The fourth-order valence-electron chi connectivity index (χ4n) is 3.65. The molecule has 2 N–H and O–H groups in total. The molecule has 1 atom stereocenters. The van der Waals surface area contributed by atoms with E-state index in [0.717, 1.165) is 29.9 Å². The summed E-state index contributed by atoms with van der Waals surface area (Å²) >= 11 is 0. The van der Waals surface area contributed by atoms with Crippen LogP contribution in [-0.2, 0) is 6.42 Å². The van der Waals surface area contributed by atoms with Gasteiger partial charge < -0.3 is 25.0 Å². The van der Waals surface area contributed by atoms with E-state index in [9.17, 15) is 8.78 Å². The zero-order valence-electron chi connectivity index (χ0n) is 18.0. The maximum Gasteiger partial charge on any atom is 0.191 e. The average Bonchev–Trinajstić information content (AvgIpc) is 3.20. The quantitative estimate of drug-likeness (QED) is 0.316. The molecule has 3 rings (SSSR count). The molecule has 1 heterocycles. The minimum absolute atomic E-state index is 0. The van der Waals surface area contributed by atoms with Crippen LogP contribution in [0.25, 0.3) is 0 Å². The average molecular weight is 546 g/mol. The lowest BCUT2D eigenvalue weighted by atomic mass is 10.1. The highest BCUT2D eigenvalue weighted by atomic mass is 127. The van der Waals surface area contributed by atoms with E-state index in [1.54, 1.807) is 26.2 Å². The predicted octanol–water partition coefficient (Wildman–Crippen LogP) is 3.59. The van der Waals surface area contributed by atoms with Crippen LogP contribution in [0.5, 0.6) is 11.5 Å². The molecule has 1 aliphatic heterocycles. The minimum Gasteiger partial charge on any atom is -0.497 e. The Hall–Kier alpha value is -2.30. The van der Waals surface area contributed by atoms with Gasteiger partial charge in [0.2, 0.25) is 0 Å². The second-order valence-corrected chi connectivity index (χ2v) is 7.07. The largest absolute Gasteiger partial charge is 0.497 e. The summed E-state index contributed by atoms with van der Waals surface area (Å²) in [4.78, 5) is 6.00. The van der Waals surface area contributed by atoms with E-state index in [1.807, 2.05) is 18.2 Å². The Morgan fingerprint density at radius 1 is 1.16 bits per heavy atom. The van der Waals surface area contributed by atoms with Crippen LogP contribution in [0.3, 0.4) is 0 Å². The van der Waals surface area contributed by atoms with Crippen molar-refractivity contribution in [3.63, 3.8) is 0 Å². The topological polar surface area (TPSA) is 58.1 Å². The number of rotatable bonds is 7. The number of halogens is 3. The summed E-state index contributed by atoms with van der Waals surface area (Å²) in [5, 5.41) is 6.62. The number of aliphatic imine (C=N–C) groups is 1. The highest BCUT2D eigenvalue weighted by molar-refractivity contribution is 14.0. The van der Waals surface area contributed by atoms with E-state index in [1.165, 1.54) is 18.2 Å². The van der Waals surface area contributed by atoms with Crippen molar-refractivity contribution in [3.05, 3.63) is 53.6 Å². The van der Waals surface area contributed by atoms with Crippen LogP contribution in [0.4, 0.5) is 14.5 Å². The third-order valence-corrected chi connectivity index (χ3v) is 5.18. The lowest BCUT2D eigenvalue weighted by Crippen LogP contribution is -2.45. The summed E-state index contributed by atoms with van der Waals surface area (Å²) in [6.45, 7) is 1.72. The third-order valence-electron chi connectivity index (χ3n) is 5.18. The van der Waals surface area contributed by atoms with Crippen molar-refractivity contribution in [2.24, 2.45) is 4.99 Å². The summed E-state index contributed by atoms with van der Waals surface area (Å²) in [5.74, 6) is 1.16. The summed E-state index contributed by atoms with van der Waals surface area (Å²) in [5.41, 5.74) is 1.07. The molecule has 6 nitrogen and oxygen atoms in total. The highest BCUT2D eigenvalue weighted by Gasteiger charge is 2.27. The van der Waals surface area contributed by atoms with Gasteiger partial charge in [-0.05, 0) is 48.7 Å². The number of methoxy groups -OCH3 is 2. The smallest absolute Gasteiger partial charge is 0.191 e. The number of benzene rings is 2. The van der Waals surface area contributed by atoms with Crippen LogP contribution in [0.1, 0.15) is 12.0 Å². The maximum absolute atomic E-state index is 14.0. The van der Waals surface area contributed by atoms with E-state index in [0.29, 0.717) is 25.6 Å². The van der Waals surface area contributed by atoms with Crippen LogP contribution in [0.15, 0.2) is 41.4 Å². The first-order chi connectivity index (χ1) is 14.5. The molecule has 0 amide bonds. The van der Waals surface area contributed by atoms with E-state index < -0.39 is 11.6 Å². The Balaban J connectivity index is 0.00000341. The predicted molar refractivity (Wildman–Crippen MR) is 130 cm³/mol. The standard InChI is InChI=1S/C22H28F2N4O2.HI/c1-25-22(26-11-9-15-13-17(29-2)7-8-20(15)30-3)27-16-10-12-28(14-16)21-18(23)5-4-6-19(21)24;/h4-8,13,16H,9-12,14H2,1-3H3,(H2,25,26,27);1H. The number of hydrogen-bond acceptors (Lipinski definition) is 4. The zero-order chi connectivity index (χ0) is 21.5. The van der Waals surface area contributed by atoms with Crippen LogP contribution in [0.2, 0.25) is 0 Å². The summed E-state index contributed by atoms with van der Waals surface area (Å²) < 4.78 is 38.8. The minimum atomic E-state index is -0.537. The Kier molecular flexibility index (Phi) is 9.60. The highest BCUT2D eigenvalue weighted by Crippen LogP contribution is 2.27. The van der Waals surface area contributed by atoms with Crippen molar-refractivity contribution < 1.29 is 18.3 Å². The van der Waals surface area contributed by atoms with Crippen molar-refractivity contribution in [1.29, 1.82) is 0 Å². The Labute approximate surface area is 199 Å². The molecule has 0 aromatic heterocycles. The van der Waals surface area contributed by atoms with Gasteiger partial charge in [0.25, 0.3) is 0 Å². The van der Waals surface area contributed by atoms with Crippen LogP contribution >= 0.6 is 24.0 Å². The van der Waals surface area contributed by atoms with Gasteiger partial charge in [0.05, 0.1) is 14.2 Å².